The molecule has 10 nitrogen and oxygen atoms in total. The van der Waals surface area contributed by atoms with Gasteiger partial charge in [0.15, 0.2) is 10.5 Å². The van der Waals surface area contributed by atoms with Gasteiger partial charge in [0, 0.05) is 6.54 Å². The van der Waals surface area contributed by atoms with Crippen molar-refractivity contribution in [2.24, 2.45) is 0 Å². The number of carboxylic acids is 1. The minimum absolute atomic E-state index is 0.00548. The first-order valence-corrected chi connectivity index (χ1v) is 9.69. The fraction of sp³-hybridized carbons (Fsp3) is 0.211. The van der Waals surface area contributed by atoms with E-state index in [1.807, 2.05) is 24.3 Å². The second kappa shape index (κ2) is 7.95. The Labute approximate surface area is 172 Å². The summed E-state index contributed by atoms with van der Waals surface area (Å²) < 4.78 is 12.6. The fourth-order valence-electron chi connectivity index (χ4n) is 3.12. The summed E-state index contributed by atoms with van der Waals surface area (Å²) in [5.41, 5.74) is -0.616. The van der Waals surface area contributed by atoms with E-state index in [0.29, 0.717) is 26.6 Å². The maximum Gasteiger partial charge on any atom is 0.332 e. The molecule has 1 N–H and O–H groups in total. The number of nitrogens with zero attached hydrogens (tertiary/aromatic N) is 4. The Kier molecular flexibility index (Phi) is 5.19. The van der Waals surface area contributed by atoms with Gasteiger partial charge in [-0.3, -0.25) is 14.2 Å². The number of ether oxygens (including phenoxy) is 1. The molecular formula is C19H16N4O6S. The van der Waals surface area contributed by atoms with Gasteiger partial charge in [-0.15, -0.1) is 0 Å². The maximum atomic E-state index is 13.0. The Morgan fingerprint density at radius 1 is 1.27 bits per heavy atom. The number of carbonyl (C=O) groups is 1. The molecule has 0 aliphatic rings. The second-order valence-electron chi connectivity index (χ2n) is 6.29. The first-order valence-electron chi connectivity index (χ1n) is 8.87. The number of methoxy groups -OCH3 is 1. The fourth-order valence-corrected chi connectivity index (χ4v) is 4.13. The third-order valence-corrected chi connectivity index (χ3v) is 5.54. The van der Waals surface area contributed by atoms with E-state index in [1.165, 1.54) is 17.0 Å². The molecule has 4 aromatic rings. The third kappa shape index (κ3) is 3.50. The zero-order chi connectivity index (χ0) is 21.3. The van der Waals surface area contributed by atoms with Crippen LogP contribution in [0, 0.1) is 0 Å². The lowest BCUT2D eigenvalue weighted by Crippen LogP contribution is -2.41. The van der Waals surface area contributed by atoms with Gasteiger partial charge in [-0.1, -0.05) is 29.5 Å². The van der Waals surface area contributed by atoms with Gasteiger partial charge in [0.05, 0.1) is 13.3 Å². The van der Waals surface area contributed by atoms with Crippen molar-refractivity contribution in [3.63, 3.8) is 0 Å². The number of hydrogen-bond acceptors (Lipinski definition) is 8. The lowest BCUT2D eigenvalue weighted by atomic mass is 10.1. The van der Waals surface area contributed by atoms with Crippen LogP contribution in [-0.2, 0) is 24.3 Å². The van der Waals surface area contributed by atoms with Gasteiger partial charge in [-0.2, -0.15) is 0 Å². The van der Waals surface area contributed by atoms with Crippen LogP contribution in [0.25, 0.3) is 21.2 Å². The number of rotatable bonds is 7. The normalized spacial score (nSPS) is 11.1. The van der Waals surface area contributed by atoms with E-state index >= 15 is 0 Å². The largest absolute Gasteiger partial charge is 0.496 e. The number of aliphatic carboxylic acids is 1. The van der Waals surface area contributed by atoms with Crippen molar-refractivity contribution >= 4 is 27.7 Å². The van der Waals surface area contributed by atoms with Gasteiger partial charge in [0.1, 0.15) is 23.4 Å². The standard InChI is InChI=1S/C19H16N4O6S/c1-28-12-5-3-2-4-11(12)6-8-22-18-14(17(26)23(19(22)27)10-13(24)25)21-16(30-18)15-20-7-9-29-15/h2-5,7,9H,6,8,10H2,1H3,(H,24,25). The first-order chi connectivity index (χ1) is 14.5. The smallest absolute Gasteiger partial charge is 0.332 e. The second-order valence-corrected chi connectivity index (χ2v) is 7.27. The molecule has 0 aliphatic heterocycles. The van der Waals surface area contributed by atoms with Crippen LogP contribution in [0.2, 0.25) is 0 Å². The predicted molar refractivity (Wildman–Crippen MR) is 108 cm³/mol. The van der Waals surface area contributed by atoms with Crippen LogP contribution in [0.3, 0.4) is 0 Å². The molecule has 3 heterocycles. The molecule has 0 unspecified atom stereocenters. The zero-order valence-electron chi connectivity index (χ0n) is 15.8. The van der Waals surface area contributed by atoms with E-state index in [-0.39, 0.29) is 18.0 Å². The Morgan fingerprint density at radius 3 is 2.77 bits per heavy atom. The van der Waals surface area contributed by atoms with Crippen LogP contribution in [0.5, 0.6) is 5.75 Å². The molecule has 0 saturated heterocycles. The van der Waals surface area contributed by atoms with E-state index in [0.717, 1.165) is 16.9 Å². The van der Waals surface area contributed by atoms with Gasteiger partial charge >= 0.3 is 11.7 Å². The summed E-state index contributed by atoms with van der Waals surface area (Å²) in [5, 5.41) is 9.47. The number of hydrogen-bond donors (Lipinski definition) is 1. The molecule has 0 saturated carbocycles. The molecule has 154 valence electrons. The predicted octanol–water partition coefficient (Wildman–Crippen LogP) is 1.61. The van der Waals surface area contributed by atoms with E-state index in [4.69, 9.17) is 14.3 Å². The average Bonchev–Trinajstić information content (AvgIpc) is 3.41. The molecule has 0 atom stereocenters. The van der Waals surface area contributed by atoms with E-state index in [2.05, 4.69) is 9.97 Å². The van der Waals surface area contributed by atoms with Crippen molar-refractivity contribution in [2.75, 3.05) is 7.11 Å². The van der Waals surface area contributed by atoms with Crippen molar-refractivity contribution in [2.45, 2.75) is 19.5 Å². The highest BCUT2D eigenvalue weighted by atomic mass is 32.1. The molecule has 11 heteroatoms. The van der Waals surface area contributed by atoms with Crippen LogP contribution < -0.4 is 16.0 Å². The minimum atomic E-state index is -1.30. The monoisotopic (exact) mass is 428 g/mol. The van der Waals surface area contributed by atoms with Crippen molar-refractivity contribution in [1.82, 2.24) is 19.1 Å². The van der Waals surface area contributed by atoms with Crippen molar-refractivity contribution in [1.29, 1.82) is 0 Å². The number of para-hydroxylation sites is 1. The molecule has 0 radical (unpaired) electrons. The minimum Gasteiger partial charge on any atom is -0.496 e. The van der Waals surface area contributed by atoms with Gasteiger partial charge < -0.3 is 14.3 Å². The number of benzene rings is 1. The molecular weight excluding hydrogens is 412 g/mol. The molecule has 1 aromatic carbocycles. The average molecular weight is 428 g/mol. The van der Waals surface area contributed by atoms with Crippen LogP contribution in [0.4, 0.5) is 0 Å². The Hall–Kier alpha value is -3.73. The molecule has 0 fully saturated rings. The summed E-state index contributed by atoms with van der Waals surface area (Å²) in [6.07, 6.45) is 3.24. The Balaban J connectivity index is 1.86. The third-order valence-electron chi connectivity index (χ3n) is 4.47. The highest BCUT2D eigenvalue weighted by Gasteiger charge is 2.21. The number of aryl methyl sites for hydroxylation is 2. The first kappa shape index (κ1) is 19.6. The Morgan fingerprint density at radius 2 is 2.07 bits per heavy atom. The van der Waals surface area contributed by atoms with E-state index < -0.39 is 23.8 Å². The molecule has 0 bridgehead atoms. The van der Waals surface area contributed by atoms with Gasteiger partial charge in [-0.05, 0) is 18.1 Å². The number of fused-ring (bicyclic) bond motifs is 1. The molecule has 0 spiro atoms. The van der Waals surface area contributed by atoms with Gasteiger partial charge in [0.25, 0.3) is 11.4 Å². The number of oxazole rings is 1. The topological polar surface area (TPSA) is 129 Å². The van der Waals surface area contributed by atoms with Crippen molar-refractivity contribution in [3.05, 3.63) is 63.1 Å². The lowest BCUT2D eigenvalue weighted by molar-refractivity contribution is -0.137. The zero-order valence-corrected chi connectivity index (χ0v) is 16.6. The number of carboxylic acid groups (broad SMARTS) is 1. The van der Waals surface area contributed by atoms with Crippen LogP contribution in [0.1, 0.15) is 5.56 Å². The molecule has 4 rings (SSSR count). The summed E-state index contributed by atoms with van der Waals surface area (Å²) in [4.78, 5) is 45.6. The molecule has 30 heavy (non-hydrogen) atoms. The molecule has 0 amide bonds. The summed E-state index contributed by atoms with van der Waals surface area (Å²) in [6.45, 7) is -0.559. The SMILES string of the molecule is COc1ccccc1CCn1c(=O)n(CC(=O)O)c(=O)c2nc(-c3ncco3)sc21. The molecule has 3 aromatic heterocycles. The summed E-state index contributed by atoms with van der Waals surface area (Å²) >= 11 is 1.09. The summed E-state index contributed by atoms with van der Waals surface area (Å²) in [6, 6.07) is 7.38. The van der Waals surface area contributed by atoms with Crippen LogP contribution >= 0.6 is 11.3 Å². The maximum absolute atomic E-state index is 13.0. The Bertz CT molecular complexity index is 1340. The van der Waals surface area contributed by atoms with Crippen molar-refractivity contribution in [3.8, 4) is 16.6 Å². The lowest BCUT2D eigenvalue weighted by Gasteiger charge is -2.12. The summed E-state index contributed by atoms with van der Waals surface area (Å²) in [7, 11) is 1.56. The highest BCUT2D eigenvalue weighted by Crippen LogP contribution is 2.27. The van der Waals surface area contributed by atoms with Gasteiger partial charge in [-0.25, -0.2) is 19.3 Å². The quantitative estimate of drug-likeness (QED) is 0.470. The van der Waals surface area contributed by atoms with Gasteiger partial charge in [0.2, 0.25) is 0 Å². The van der Waals surface area contributed by atoms with E-state index in [9.17, 15) is 14.4 Å². The summed E-state index contributed by atoms with van der Waals surface area (Å²) in [5.74, 6) is -0.414. The number of aromatic nitrogens is 4. The van der Waals surface area contributed by atoms with E-state index in [1.54, 1.807) is 7.11 Å². The van der Waals surface area contributed by atoms with Crippen molar-refractivity contribution < 1.29 is 19.1 Å². The molecule has 0 aliphatic carbocycles. The highest BCUT2D eigenvalue weighted by molar-refractivity contribution is 7.21. The number of thiazole rings is 1. The van der Waals surface area contributed by atoms with Crippen LogP contribution in [0.15, 0.2) is 50.7 Å². The van der Waals surface area contributed by atoms with Crippen LogP contribution in [-0.4, -0.2) is 37.3 Å².